The van der Waals surface area contributed by atoms with Gasteiger partial charge in [-0.3, -0.25) is 0 Å². The molecule has 0 spiro atoms. The van der Waals surface area contributed by atoms with Crippen molar-refractivity contribution in [2.24, 2.45) is 0 Å². The number of aromatic nitrogens is 2. The topological polar surface area (TPSA) is 37.8 Å². The molecule has 0 bridgehead atoms. The van der Waals surface area contributed by atoms with E-state index in [4.69, 9.17) is 0 Å². The van der Waals surface area contributed by atoms with Crippen LogP contribution in [0.2, 0.25) is 0 Å². The molecule has 1 N–H and O–H groups in total. The molecule has 3 nitrogen and oxygen atoms in total. The van der Waals surface area contributed by atoms with Gasteiger partial charge in [0.1, 0.15) is 17.3 Å². The van der Waals surface area contributed by atoms with E-state index in [1.165, 1.54) is 12.1 Å². The minimum Gasteiger partial charge on any atom is -0.370 e. The van der Waals surface area contributed by atoms with E-state index in [1.807, 2.05) is 0 Å². The fourth-order valence-corrected chi connectivity index (χ4v) is 1.78. The molecule has 0 aliphatic carbocycles. The summed E-state index contributed by atoms with van der Waals surface area (Å²) in [6, 6.07) is 3.37. The van der Waals surface area contributed by atoms with Gasteiger partial charge in [0.05, 0.1) is 11.7 Å². The number of rotatable bonds is 2. The second-order valence-electron chi connectivity index (χ2n) is 2.84. The Morgan fingerprint density at radius 1 is 1.27 bits per heavy atom. The zero-order chi connectivity index (χ0) is 10.8. The summed E-state index contributed by atoms with van der Waals surface area (Å²) in [5.74, 6) is -0.754. The summed E-state index contributed by atoms with van der Waals surface area (Å²) in [7, 11) is 1.67. The van der Waals surface area contributed by atoms with Crippen LogP contribution in [-0.2, 0) is 0 Å². The van der Waals surface area contributed by atoms with E-state index >= 15 is 0 Å². The van der Waals surface area contributed by atoms with Crippen LogP contribution >= 0.6 is 11.7 Å². The number of hydrogen-bond donors (Lipinski definition) is 1. The summed E-state index contributed by atoms with van der Waals surface area (Å²) in [5.41, 5.74) is 0.648. The van der Waals surface area contributed by atoms with Gasteiger partial charge < -0.3 is 5.32 Å². The van der Waals surface area contributed by atoms with Gasteiger partial charge in [-0.15, -0.1) is 0 Å². The number of hydrogen-bond acceptors (Lipinski definition) is 4. The lowest BCUT2D eigenvalue weighted by Crippen LogP contribution is -1.93. The minimum atomic E-state index is -0.640. The zero-order valence-corrected chi connectivity index (χ0v) is 8.61. The standard InChI is InChI=1S/C9H7F2N3S/c1-12-9-8(13-15-14-9)6-3-2-5(10)4-7(6)11/h2-4H,1H3,(H,12,14). The van der Waals surface area contributed by atoms with Crippen LogP contribution in [0.15, 0.2) is 18.2 Å². The van der Waals surface area contributed by atoms with Gasteiger partial charge >= 0.3 is 0 Å². The molecule has 0 atom stereocenters. The molecule has 1 aromatic heterocycles. The SMILES string of the molecule is CNc1nsnc1-c1ccc(F)cc1F. The van der Waals surface area contributed by atoms with Crippen molar-refractivity contribution in [1.82, 2.24) is 8.75 Å². The lowest BCUT2D eigenvalue weighted by Gasteiger charge is -2.01. The van der Waals surface area contributed by atoms with Crippen molar-refractivity contribution in [3.8, 4) is 11.3 Å². The maximum absolute atomic E-state index is 13.4. The first-order valence-corrected chi connectivity index (χ1v) is 4.91. The molecule has 0 fully saturated rings. The Bertz CT molecular complexity index is 484. The zero-order valence-electron chi connectivity index (χ0n) is 7.79. The fraction of sp³-hybridized carbons (Fsp3) is 0.111. The molecule has 15 heavy (non-hydrogen) atoms. The highest BCUT2D eigenvalue weighted by molar-refractivity contribution is 6.99. The van der Waals surface area contributed by atoms with Crippen molar-refractivity contribution >= 4 is 17.5 Å². The Morgan fingerprint density at radius 3 is 2.73 bits per heavy atom. The van der Waals surface area contributed by atoms with E-state index in [2.05, 4.69) is 14.1 Å². The summed E-state index contributed by atoms with van der Waals surface area (Å²) in [6.45, 7) is 0. The third-order valence-corrected chi connectivity index (χ3v) is 2.44. The van der Waals surface area contributed by atoms with Crippen LogP contribution in [0.1, 0.15) is 0 Å². The van der Waals surface area contributed by atoms with Gasteiger partial charge in [0.2, 0.25) is 0 Å². The smallest absolute Gasteiger partial charge is 0.167 e. The summed E-state index contributed by atoms with van der Waals surface area (Å²) in [5, 5.41) is 2.79. The van der Waals surface area contributed by atoms with Crippen LogP contribution in [0.3, 0.4) is 0 Å². The molecule has 0 saturated heterocycles. The molecule has 0 aliphatic rings. The summed E-state index contributed by atoms with van der Waals surface area (Å²) in [4.78, 5) is 0. The van der Waals surface area contributed by atoms with E-state index in [-0.39, 0.29) is 5.56 Å². The first-order chi connectivity index (χ1) is 7.22. The van der Waals surface area contributed by atoms with Crippen LogP contribution in [0.4, 0.5) is 14.6 Å². The number of halogens is 2. The van der Waals surface area contributed by atoms with Crippen LogP contribution < -0.4 is 5.32 Å². The third kappa shape index (κ3) is 1.80. The molecule has 0 unspecified atom stereocenters. The van der Waals surface area contributed by atoms with Gasteiger partial charge in [0, 0.05) is 18.7 Å². The lowest BCUT2D eigenvalue weighted by atomic mass is 10.1. The second kappa shape index (κ2) is 3.90. The maximum Gasteiger partial charge on any atom is 0.167 e. The molecule has 0 amide bonds. The predicted octanol–water partition coefficient (Wildman–Crippen LogP) is 2.53. The van der Waals surface area contributed by atoms with Crippen molar-refractivity contribution in [3.63, 3.8) is 0 Å². The Kier molecular flexibility index (Phi) is 2.59. The van der Waals surface area contributed by atoms with Gasteiger partial charge in [-0.05, 0) is 12.1 Å². The molecular weight excluding hydrogens is 220 g/mol. The second-order valence-corrected chi connectivity index (χ2v) is 3.36. The van der Waals surface area contributed by atoms with Gasteiger partial charge in [0.25, 0.3) is 0 Å². The Morgan fingerprint density at radius 2 is 2.07 bits per heavy atom. The van der Waals surface area contributed by atoms with Crippen LogP contribution in [0.5, 0.6) is 0 Å². The molecule has 6 heteroatoms. The molecule has 1 aromatic carbocycles. The third-order valence-electron chi connectivity index (χ3n) is 1.91. The quantitative estimate of drug-likeness (QED) is 0.856. The maximum atomic E-state index is 13.4. The van der Waals surface area contributed by atoms with Crippen molar-refractivity contribution in [1.29, 1.82) is 0 Å². The Labute approximate surface area is 89.1 Å². The van der Waals surface area contributed by atoms with Crippen LogP contribution in [0, 0.1) is 11.6 Å². The highest BCUT2D eigenvalue weighted by atomic mass is 32.1. The van der Waals surface area contributed by atoms with E-state index < -0.39 is 11.6 Å². The summed E-state index contributed by atoms with van der Waals surface area (Å²) >= 11 is 0.976. The van der Waals surface area contributed by atoms with Gasteiger partial charge in [-0.2, -0.15) is 8.75 Å². The normalized spacial score (nSPS) is 10.3. The van der Waals surface area contributed by atoms with Crippen molar-refractivity contribution in [3.05, 3.63) is 29.8 Å². The molecule has 0 saturated carbocycles. The van der Waals surface area contributed by atoms with Crippen molar-refractivity contribution in [2.45, 2.75) is 0 Å². The first kappa shape index (κ1) is 9.97. The highest BCUT2D eigenvalue weighted by Crippen LogP contribution is 2.27. The Balaban J connectivity index is 2.54. The lowest BCUT2D eigenvalue weighted by molar-refractivity contribution is 0.585. The average Bonchev–Trinajstić information content (AvgIpc) is 2.65. The molecule has 0 aliphatic heterocycles. The van der Waals surface area contributed by atoms with E-state index in [0.29, 0.717) is 11.5 Å². The molecule has 0 radical (unpaired) electrons. The van der Waals surface area contributed by atoms with Gasteiger partial charge in [-0.1, -0.05) is 0 Å². The summed E-state index contributed by atoms with van der Waals surface area (Å²) < 4.78 is 34.0. The number of benzene rings is 1. The highest BCUT2D eigenvalue weighted by Gasteiger charge is 2.13. The molecule has 2 aromatic rings. The van der Waals surface area contributed by atoms with E-state index in [9.17, 15) is 8.78 Å². The largest absolute Gasteiger partial charge is 0.370 e. The van der Waals surface area contributed by atoms with Crippen molar-refractivity contribution < 1.29 is 8.78 Å². The fourth-order valence-electron chi connectivity index (χ4n) is 1.21. The van der Waals surface area contributed by atoms with Gasteiger partial charge in [0.15, 0.2) is 5.82 Å². The number of nitrogens with zero attached hydrogens (tertiary/aromatic N) is 2. The van der Waals surface area contributed by atoms with Crippen LogP contribution in [0.25, 0.3) is 11.3 Å². The predicted molar refractivity (Wildman–Crippen MR) is 54.8 cm³/mol. The average molecular weight is 227 g/mol. The van der Waals surface area contributed by atoms with Crippen molar-refractivity contribution in [2.75, 3.05) is 12.4 Å². The number of nitrogens with one attached hydrogen (secondary N) is 1. The monoisotopic (exact) mass is 227 g/mol. The molecule has 78 valence electrons. The minimum absolute atomic E-state index is 0.245. The first-order valence-electron chi connectivity index (χ1n) is 4.18. The van der Waals surface area contributed by atoms with Crippen LogP contribution in [-0.4, -0.2) is 15.8 Å². The molecule has 1 heterocycles. The van der Waals surface area contributed by atoms with Gasteiger partial charge in [-0.25, -0.2) is 8.78 Å². The summed E-state index contributed by atoms with van der Waals surface area (Å²) in [6.07, 6.45) is 0. The molecular formula is C9H7F2N3S. The number of anilines is 1. The van der Waals surface area contributed by atoms with E-state index in [1.54, 1.807) is 7.05 Å². The Hall–Kier alpha value is -1.56. The van der Waals surface area contributed by atoms with E-state index in [0.717, 1.165) is 17.8 Å². The molecule has 2 rings (SSSR count).